The Morgan fingerprint density at radius 2 is 1.78 bits per heavy atom. The van der Waals surface area contributed by atoms with Crippen molar-refractivity contribution in [1.82, 2.24) is 10.6 Å². The quantitative estimate of drug-likeness (QED) is 0.443. The van der Waals surface area contributed by atoms with Crippen LogP contribution in [0.15, 0.2) is 30.3 Å². The molecule has 0 bridgehead atoms. The zero-order chi connectivity index (χ0) is 20.6. The molecule has 2 atom stereocenters. The summed E-state index contributed by atoms with van der Waals surface area (Å²) in [5.74, 6) is -1.14. The Labute approximate surface area is 170 Å². The summed E-state index contributed by atoms with van der Waals surface area (Å²) in [6.45, 7) is 6.79. The van der Waals surface area contributed by atoms with Crippen molar-refractivity contribution in [1.29, 1.82) is 0 Å². The molecule has 27 heavy (non-hydrogen) atoms. The maximum absolute atomic E-state index is 12.5. The summed E-state index contributed by atoms with van der Waals surface area (Å²) < 4.78 is 0. The molecule has 0 aliphatic rings. The van der Waals surface area contributed by atoms with Crippen LogP contribution in [0.4, 0.5) is 0 Å². The Bertz CT molecular complexity index is 650. The second-order valence-corrected chi connectivity index (χ2v) is 8.75. The van der Waals surface area contributed by atoms with Gasteiger partial charge in [0.15, 0.2) is 0 Å². The van der Waals surface area contributed by atoms with Crippen molar-refractivity contribution in [2.45, 2.75) is 50.3 Å². The highest BCUT2D eigenvalue weighted by Crippen LogP contribution is 2.15. The first kappa shape index (κ1) is 23.4. The van der Waals surface area contributed by atoms with Crippen LogP contribution in [0.25, 0.3) is 0 Å². The number of carboxylic acid groups (broad SMARTS) is 1. The first-order valence-electron chi connectivity index (χ1n) is 8.70. The van der Waals surface area contributed by atoms with Gasteiger partial charge in [0.2, 0.25) is 11.8 Å². The molecule has 3 N–H and O–H groups in total. The third kappa shape index (κ3) is 7.84. The number of thiol groups is 1. The minimum absolute atomic E-state index is 0.00773. The second-order valence-electron chi connectivity index (χ2n) is 7.17. The van der Waals surface area contributed by atoms with E-state index in [9.17, 15) is 19.5 Å². The molecule has 0 heterocycles. The van der Waals surface area contributed by atoms with Crippen molar-refractivity contribution in [3.05, 3.63) is 35.9 Å². The largest absolute Gasteiger partial charge is 0.480 e. The molecule has 0 saturated carbocycles. The van der Waals surface area contributed by atoms with Crippen molar-refractivity contribution in [2.24, 2.45) is 5.92 Å². The maximum atomic E-state index is 12.5. The highest BCUT2D eigenvalue weighted by Gasteiger charge is 2.34. The Kier molecular flexibility index (Phi) is 9.18. The van der Waals surface area contributed by atoms with E-state index in [-0.39, 0.29) is 17.6 Å². The average Bonchev–Trinajstić information content (AvgIpc) is 2.60. The number of thioether (sulfide) groups is 1. The van der Waals surface area contributed by atoms with Gasteiger partial charge in [0.05, 0.1) is 5.25 Å². The molecular formula is C19H28N2O4S2. The first-order chi connectivity index (χ1) is 12.5. The molecule has 1 rings (SSSR count). The lowest BCUT2D eigenvalue weighted by atomic mass is 10.0. The SMILES string of the molecule is CC(C)C(S)C(=O)NC(C)(C)C(=O)N[C@@H](CSCc1ccccc1)C(=O)O. The Balaban J connectivity index is 2.62. The molecule has 0 aromatic heterocycles. The van der Waals surface area contributed by atoms with Gasteiger partial charge in [0.25, 0.3) is 0 Å². The third-order valence-electron chi connectivity index (χ3n) is 3.90. The van der Waals surface area contributed by atoms with Crippen LogP contribution in [0.1, 0.15) is 33.3 Å². The number of hydrogen-bond donors (Lipinski definition) is 4. The molecule has 6 nitrogen and oxygen atoms in total. The van der Waals surface area contributed by atoms with Crippen LogP contribution in [-0.4, -0.2) is 45.5 Å². The number of rotatable bonds is 10. The zero-order valence-corrected chi connectivity index (χ0v) is 17.8. The van der Waals surface area contributed by atoms with Crippen LogP contribution in [0.2, 0.25) is 0 Å². The minimum atomic E-state index is -1.25. The van der Waals surface area contributed by atoms with E-state index in [1.807, 2.05) is 44.2 Å². The minimum Gasteiger partial charge on any atom is -0.480 e. The Hall–Kier alpha value is -1.67. The predicted octanol–water partition coefficient (Wildman–Crippen LogP) is 2.34. The van der Waals surface area contributed by atoms with Gasteiger partial charge < -0.3 is 15.7 Å². The van der Waals surface area contributed by atoms with Gasteiger partial charge in [0.1, 0.15) is 11.6 Å². The molecule has 8 heteroatoms. The number of benzene rings is 1. The molecule has 1 aromatic carbocycles. The molecule has 0 aliphatic carbocycles. The fourth-order valence-corrected chi connectivity index (χ4v) is 3.20. The smallest absolute Gasteiger partial charge is 0.327 e. The van der Waals surface area contributed by atoms with Crippen LogP contribution in [0, 0.1) is 5.92 Å². The van der Waals surface area contributed by atoms with Gasteiger partial charge >= 0.3 is 5.97 Å². The molecule has 0 spiro atoms. The summed E-state index contributed by atoms with van der Waals surface area (Å²) in [5.41, 5.74) is -0.163. The summed E-state index contributed by atoms with van der Waals surface area (Å²) in [6.07, 6.45) is 0. The van der Waals surface area contributed by atoms with Gasteiger partial charge in [0, 0.05) is 11.5 Å². The number of hydrogen-bond acceptors (Lipinski definition) is 5. The fourth-order valence-electron chi connectivity index (χ4n) is 2.12. The van der Waals surface area contributed by atoms with Crippen molar-refractivity contribution >= 4 is 42.2 Å². The van der Waals surface area contributed by atoms with E-state index in [4.69, 9.17) is 0 Å². The normalized spacial score (nSPS) is 13.7. The number of carboxylic acids is 1. The van der Waals surface area contributed by atoms with E-state index >= 15 is 0 Å². The summed E-state index contributed by atoms with van der Waals surface area (Å²) in [4.78, 5) is 36.2. The lowest BCUT2D eigenvalue weighted by Gasteiger charge is -2.29. The van der Waals surface area contributed by atoms with E-state index in [1.165, 1.54) is 25.6 Å². The standard InChI is InChI=1S/C19H28N2O4S2/c1-12(2)15(26)16(22)21-19(3,4)18(25)20-14(17(23)24)11-27-10-13-8-6-5-7-9-13/h5-9,12,14-15,26H,10-11H2,1-4H3,(H,20,25)(H,21,22)(H,23,24)/t14-,15?/m0/s1. The molecule has 0 fully saturated rings. The van der Waals surface area contributed by atoms with Crippen molar-refractivity contribution in [2.75, 3.05) is 5.75 Å². The van der Waals surface area contributed by atoms with Crippen molar-refractivity contribution < 1.29 is 19.5 Å². The molecule has 0 aliphatic heterocycles. The van der Waals surface area contributed by atoms with Crippen LogP contribution in [-0.2, 0) is 20.1 Å². The fraction of sp³-hybridized carbons (Fsp3) is 0.526. The van der Waals surface area contributed by atoms with E-state index in [2.05, 4.69) is 23.3 Å². The summed E-state index contributed by atoms with van der Waals surface area (Å²) in [6, 6.07) is 8.64. The van der Waals surface area contributed by atoms with Gasteiger partial charge in [-0.25, -0.2) is 4.79 Å². The number of nitrogens with one attached hydrogen (secondary N) is 2. The molecule has 0 saturated heterocycles. The lowest BCUT2D eigenvalue weighted by molar-refractivity contribution is -0.142. The third-order valence-corrected chi connectivity index (χ3v) is 5.84. The molecule has 1 aromatic rings. The maximum Gasteiger partial charge on any atom is 0.327 e. The average molecular weight is 413 g/mol. The van der Waals surface area contributed by atoms with Gasteiger partial charge in [-0.15, -0.1) is 0 Å². The summed E-state index contributed by atoms with van der Waals surface area (Å²) >= 11 is 5.67. The van der Waals surface area contributed by atoms with Crippen LogP contribution in [0.3, 0.4) is 0 Å². The number of carbonyl (C=O) groups is 3. The molecule has 0 radical (unpaired) electrons. The van der Waals surface area contributed by atoms with Gasteiger partial charge in [-0.3, -0.25) is 9.59 Å². The second kappa shape index (κ2) is 10.6. The highest BCUT2D eigenvalue weighted by atomic mass is 32.2. The first-order valence-corrected chi connectivity index (χ1v) is 10.4. The van der Waals surface area contributed by atoms with Gasteiger partial charge in [-0.1, -0.05) is 44.2 Å². The van der Waals surface area contributed by atoms with Crippen LogP contribution < -0.4 is 10.6 Å². The molecular weight excluding hydrogens is 384 g/mol. The number of aliphatic carboxylic acids is 1. The lowest BCUT2D eigenvalue weighted by Crippen LogP contribution is -2.59. The summed E-state index contributed by atoms with van der Waals surface area (Å²) in [5, 5.41) is 14.0. The topological polar surface area (TPSA) is 95.5 Å². The Morgan fingerprint density at radius 1 is 1.19 bits per heavy atom. The van der Waals surface area contributed by atoms with E-state index in [1.54, 1.807) is 0 Å². The van der Waals surface area contributed by atoms with Gasteiger partial charge in [-0.2, -0.15) is 24.4 Å². The van der Waals surface area contributed by atoms with Crippen molar-refractivity contribution in [3.8, 4) is 0 Å². The zero-order valence-electron chi connectivity index (χ0n) is 16.1. The molecule has 1 unspecified atom stereocenters. The molecule has 150 valence electrons. The summed E-state index contributed by atoms with van der Waals surface area (Å²) in [7, 11) is 0. The van der Waals surface area contributed by atoms with Crippen LogP contribution >= 0.6 is 24.4 Å². The number of amides is 2. The van der Waals surface area contributed by atoms with E-state index in [0.29, 0.717) is 5.75 Å². The van der Waals surface area contributed by atoms with E-state index in [0.717, 1.165) is 5.56 Å². The Morgan fingerprint density at radius 3 is 2.30 bits per heavy atom. The monoisotopic (exact) mass is 412 g/mol. The highest BCUT2D eigenvalue weighted by molar-refractivity contribution is 7.98. The van der Waals surface area contributed by atoms with Crippen LogP contribution in [0.5, 0.6) is 0 Å². The van der Waals surface area contributed by atoms with Gasteiger partial charge in [-0.05, 0) is 25.3 Å². The number of carbonyl (C=O) groups excluding carboxylic acids is 2. The van der Waals surface area contributed by atoms with E-state index < -0.39 is 28.7 Å². The van der Waals surface area contributed by atoms with Crippen molar-refractivity contribution in [3.63, 3.8) is 0 Å². The molecule has 2 amide bonds. The predicted molar refractivity (Wildman–Crippen MR) is 112 cm³/mol.